The first kappa shape index (κ1) is 14.0. The Balaban J connectivity index is 2.10. The maximum Gasteiger partial charge on any atom is 0.209 e. The van der Waals surface area contributed by atoms with Gasteiger partial charge in [-0.15, -0.1) is 0 Å². The number of rotatable bonds is 7. The molecule has 96 valence electrons. The zero-order valence-corrected chi connectivity index (χ0v) is 10.9. The third-order valence-electron chi connectivity index (χ3n) is 2.36. The first-order valence-electron chi connectivity index (χ1n) is 5.67. The van der Waals surface area contributed by atoms with Crippen LogP contribution in [0.15, 0.2) is 24.3 Å². The van der Waals surface area contributed by atoms with Crippen LogP contribution in [0.3, 0.4) is 0 Å². The van der Waals surface area contributed by atoms with Crippen LogP contribution >= 0.6 is 0 Å². The number of sulfonamides is 1. The Morgan fingerprint density at radius 1 is 1.12 bits per heavy atom. The summed E-state index contributed by atoms with van der Waals surface area (Å²) >= 11 is 0. The average Bonchev–Trinajstić information content (AvgIpc) is 2.24. The fourth-order valence-electron chi connectivity index (χ4n) is 1.41. The quantitative estimate of drug-likeness (QED) is 0.758. The summed E-state index contributed by atoms with van der Waals surface area (Å²) in [5, 5.41) is 4.90. The van der Waals surface area contributed by atoms with Gasteiger partial charge in [0.05, 0.1) is 12.4 Å². The van der Waals surface area contributed by atoms with E-state index in [1.54, 1.807) is 0 Å². The highest BCUT2D eigenvalue weighted by atomic mass is 32.2. The van der Waals surface area contributed by atoms with Gasteiger partial charge in [0.15, 0.2) is 0 Å². The molecule has 0 aliphatic heterocycles. The Labute approximate surface area is 103 Å². The predicted octanol–water partition coefficient (Wildman–Crippen LogP) is 1.83. The van der Waals surface area contributed by atoms with Gasteiger partial charge in [-0.25, -0.2) is 13.6 Å². The van der Waals surface area contributed by atoms with Gasteiger partial charge in [0.2, 0.25) is 10.0 Å². The van der Waals surface area contributed by atoms with Gasteiger partial charge >= 0.3 is 0 Å². The molecular formula is C12H19NO3S. The van der Waals surface area contributed by atoms with Crippen LogP contribution in [0, 0.1) is 6.92 Å². The molecule has 2 N–H and O–H groups in total. The SMILES string of the molecule is Cc1ccc(OCCCCCS(N)(=O)=O)cc1. The summed E-state index contributed by atoms with van der Waals surface area (Å²) in [6.45, 7) is 2.63. The second-order valence-corrected chi connectivity index (χ2v) is 5.82. The zero-order chi connectivity index (χ0) is 12.7. The minimum Gasteiger partial charge on any atom is -0.494 e. The number of aryl methyl sites for hydroxylation is 1. The van der Waals surface area contributed by atoms with Gasteiger partial charge in [-0.2, -0.15) is 0 Å². The second kappa shape index (κ2) is 6.61. The Morgan fingerprint density at radius 2 is 1.76 bits per heavy atom. The Kier molecular flexibility index (Phi) is 5.44. The fraction of sp³-hybridized carbons (Fsp3) is 0.500. The van der Waals surface area contributed by atoms with Gasteiger partial charge in [-0.1, -0.05) is 17.7 Å². The Bertz CT molecular complexity index is 426. The van der Waals surface area contributed by atoms with Crippen molar-refractivity contribution >= 4 is 10.0 Å². The number of hydrogen-bond acceptors (Lipinski definition) is 3. The van der Waals surface area contributed by atoms with Gasteiger partial charge in [0, 0.05) is 0 Å². The van der Waals surface area contributed by atoms with Gasteiger partial charge in [0.1, 0.15) is 5.75 Å². The number of ether oxygens (including phenoxy) is 1. The smallest absolute Gasteiger partial charge is 0.209 e. The normalized spacial score (nSPS) is 11.4. The van der Waals surface area contributed by atoms with E-state index >= 15 is 0 Å². The lowest BCUT2D eigenvalue weighted by Gasteiger charge is -2.06. The summed E-state index contributed by atoms with van der Waals surface area (Å²) in [6.07, 6.45) is 2.24. The molecule has 1 aromatic rings. The summed E-state index contributed by atoms with van der Waals surface area (Å²) < 4.78 is 26.8. The van der Waals surface area contributed by atoms with E-state index in [1.165, 1.54) is 5.56 Å². The van der Waals surface area contributed by atoms with Crippen LogP contribution in [0.25, 0.3) is 0 Å². The molecule has 0 aromatic heterocycles. The highest BCUT2D eigenvalue weighted by Gasteiger charge is 2.01. The van der Waals surface area contributed by atoms with E-state index in [1.807, 2.05) is 31.2 Å². The van der Waals surface area contributed by atoms with Crippen molar-refractivity contribution in [2.24, 2.45) is 5.14 Å². The number of primary sulfonamides is 1. The van der Waals surface area contributed by atoms with Crippen LogP contribution in [0.1, 0.15) is 24.8 Å². The van der Waals surface area contributed by atoms with Gasteiger partial charge in [0.25, 0.3) is 0 Å². The third-order valence-corrected chi connectivity index (χ3v) is 3.22. The third kappa shape index (κ3) is 6.97. The van der Waals surface area contributed by atoms with Crippen molar-refractivity contribution < 1.29 is 13.2 Å². The molecule has 17 heavy (non-hydrogen) atoms. The van der Waals surface area contributed by atoms with E-state index in [0.29, 0.717) is 13.0 Å². The molecule has 0 bridgehead atoms. The van der Waals surface area contributed by atoms with Crippen LogP contribution in [0.4, 0.5) is 0 Å². The van der Waals surface area contributed by atoms with Crippen LogP contribution in [0.5, 0.6) is 5.75 Å². The zero-order valence-electron chi connectivity index (χ0n) is 10.1. The molecule has 0 spiro atoms. The maximum atomic E-state index is 10.7. The molecule has 0 saturated carbocycles. The van der Waals surface area contributed by atoms with E-state index in [-0.39, 0.29) is 5.75 Å². The lowest BCUT2D eigenvalue weighted by atomic mass is 10.2. The molecule has 0 aliphatic rings. The van der Waals surface area contributed by atoms with Crippen molar-refractivity contribution in [2.75, 3.05) is 12.4 Å². The van der Waals surface area contributed by atoms with E-state index in [0.717, 1.165) is 18.6 Å². The predicted molar refractivity (Wildman–Crippen MR) is 68.5 cm³/mol. The molecule has 5 heteroatoms. The number of nitrogens with two attached hydrogens (primary N) is 1. The molecule has 0 atom stereocenters. The largest absolute Gasteiger partial charge is 0.494 e. The van der Waals surface area contributed by atoms with E-state index in [9.17, 15) is 8.42 Å². The minimum absolute atomic E-state index is 0.0531. The van der Waals surface area contributed by atoms with E-state index < -0.39 is 10.0 Å². The highest BCUT2D eigenvalue weighted by Crippen LogP contribution is 2.12. The monoisotopic (exact) mass is 257 g/mol. The second-order valence-electron chi connectivity index (χ2n) is 4.09. The maximum absolute atomic E-state index is 10.7. The highest BCUT2D eigenvalue weighted by molar-refractivity contribution is 7.89. The van der Waals surface area contributed by atoms with Gasteiger partial charge in [-0.3, -0.25) is 0 Å². The number of benzene rings is 1. The van der Waals surface area contributed by atoms with Crippen molar-refractivity contribution in [1.82, 2.24) is 0 Å². The van der Waals surface area contributed by atoms with Crippen LogP contribution in [0.2, 0.25) is 0 Å². The van der Waals surface area contributed by atoms with E-state index in [2.05, 4.69) is 0 Å². The van der Waals surface area contributed by atoms with Crippen LogP contribution in [-0.2, 0) is 10.0 Å². The summed E-state index contributed by atoms with van der Waals surface area (Å²) in [7, 11) is -3.31. The number of unbranched alkanes of at least 4 members (excludes halogenated alkanes) is 2. The van der Waals surface area contributed by atoms with Crippen molar-refractivity contribution in [2.45, 2.75) is 26.2 Å². The molecule has 0 amide bonds. The lowest BCUT2D eigenvalue weighted by Crippen LogP contribution is -2.16. The van der Waals surface area contributed by atoms with Crippen LogP contribution in [-0.4, -0.2) is 20.8 Å². The first-order chi connectivity index (χ1) is 7.97. The molecule has 1 aromatic carbocycles. The lowest BCUT2D eigenvalue weighted by molar-refractivity contribution is 0.306. The van der Waals surface area contributed by atoms with Crippen molar-refractivity contribution in [3.63, 3.8) is 0 Å². The first-order valence-corrected chi connectivity index (χ1v) is 7.39. The Hall–Kier alpha value is -1.07. The standard InChI is InChI=1S/C12H19NO3S/c1-11-5-7-12(8-6-11)16-9-3-2-4-10-17(13,14)15/h5-8H,2-4,9-10H2,1H3,(H2,13,14,15). The number of hydrogen-bond donors (Lipinski definition) is 1. The molecule has 4 nitrogen and oxygen atoms in total. The molecule has 0 unspecified atom stereocenters. The van der Waals surface area contributed by atoms with Crippen LogP contribution < -0.4 is 9.88 Å². The molecule has 0 aliphatic carbocycles. The molecular weight excluding hydrogens is 238 g/mol. The summed E-state index contributed by atoms with van der Waals surface area (Å²) in [6, 6.07) is 7.85. The topological polar surface area (TPSA) is 69.4 Å². The average molecular weight is 257 g/mol. The minimum atomic E-state index is -3.31. The molecule has 0 fully saturated rings. The summed E-state index contributed by atoms with van der Waals surface area (Å²) in [5.41, 5.74) is 1.20. The van der Waals surface area contributed by atoms with Crippen molar-refractivity contribution in [3.05, 3.63) is 29.8 Å². The molecule has 1 rings (SSSR count). The van der Waals surface area contributed by atoms with Crippen molar-refractivity contribution in [1.29, 1.82) is 0 Å². The van der Waals surface area contributed by atoms with Gasteiger partial charge in [-0.05, 0) is 38.3 Å². The van der Waals surface area contributed by atoms with Crippen molar-refractivity contribution in [3.8, 4) is 5.75 Å². The molecule has 0 heterocycles. The Morgan fingerprint density at radius 3 is 2.35 bits per heavy atom. The van der Waals surface area contributed by atoms with E-state index in [4.69, 9.17) is 9.88 Å². The van der Waals surface area contributed by atoms with Gasteiger partial charge < -0.3 is 4.74 Å². The molecule has 0 radical (unpaired) electrons. The molecule has 0 saturated heterocycles. The fourth-order valence-corrected chi connectivity index (χ4v) is 2.01. The summed E-state index contributed by atoms with van der Waals surface area (Å²) in [4.78, 5) is 0. The summed E-state index contributed by atoms with van der Waals surface area (Å²) in [5.74, 6) is 0.902.